The number of rotatable bonds is 3. The third kappa shape index (κ3) is 3.50. The molecule has 1 aliphatic rings. The third-order valence-electron chi connectivity index (χ3n) is 4.30. The molecule has 2 aromatic rings. The highest BCUT2D eigenvalue weighted by atomic mass is 32.1. The minimum absolute atomic E-state index is 0.155. The first-order chi connectivity index (χ1) is 11.4. The zero-order chi connectivity index (χ0) is 17.3. The van der Waals surface area contributed by atoms with Crippen molar-refractivity contribution in [2.45, 2.75) is 25.9 Å². The van der Waals surface area contributed by atoms with Crippen molar-refractivity contribution in [2.24, 2.45) is 0 Å². The minimum Gasteiger partial charge on any atom is -0.368 e. The van der Waals surface area contributed by atoms with Gasteiger partial charge >= 0.3 is 6.18 Å². The summed E-state index contributed by atoms with van der Waals surface area (Å²) in [5, 5.41) is 2.91. The fourth-order valence-corrected chi connectivity index (χ4v) is 3.71. The minimum atomic E-state index is -4.32. The Morgan fingerprint density at radius 1 is 1.08 bits per heavy atom. The van der Waals surface area contributed by atoms with Crippen molar-refractivity contribution in [3.05, 3.63) is 40.9 Å². The van der Waals surface area contributed by atoms with Gasteiger partial charge in [0.25, 0.3) is 0 Å². The van der Waals surface area contributed by atoms with Crippen LogP contribution in [-0.2, 0) is 6.18 Å². The molecule has 0 unspecified atom stereocenters. The second-order valence-electron chi connectivity index (χ2n) is 6.21. The summed E-state index contributed by atoms with van der Waals surface area (Å²) in [6.45, 7) is 6.49. The molecule has 0 aliphatic carbocycles. The molecule has 2 heterocycles. The summed E-state index contributed by atoms with van der Waals surface area (Å²) in [5.74, 6) is -0.155. The van der Waals surface area contributed by atoms with Gasteiger partial charge in [0.15, 0.2) is 5.13 Å². The Morgan fingerprint density at radius 3 is 2.29 bits per heavy atom. The molecular weight excluding hydrogens is 335 g/mol. The van der Waals surface area contributed by atoms with E-state index in [-0.39, 0.29) is 5.92 Å². The first-order valence-electron chi connectivity index (χ1n) is 7.97. The first-order valence-corrected chi connectivity index (χ1v) is 8.85. The standard InChI is InChI=1S/C17H20F3N3S/c1-12(2)14-4-3-13(11-15(14)17(18,19)20)22-6-8-23(9-7-22)16-21-5-10-24-16/h3-5,10-12H,6-9H2,1-2H3. The van der Waals surface area contributed by atoms with E-state index in [9.17, 15) is 13.2 Å². The lowest BCUT2D eigenvalue weighted by Crippen LogP contribution is -2.46. The molecule has 24 heavy (non-hydrogen) atoms. The van der Waals surface area contributed by atoms with E-state index in [4.69, 9.17) is 0 Å². The van der Waals surface area contributed by atoms with E-state index in [1.165, 1.54) is 6.07 Å². The zero-order valence-electron chi connectivity index (χ0n) is 13.7. The lowest BCUT2D eigenvalue weighted by molar-refractivity contribution is -0.138. The maximum atomic E-state index is 13.4. The van der Waals surface area contributed by atoms with Gasteiger partial charge in [-0.1, -0.05) is 19.9 Å². The van der Waals surface area contributed by atoms with Gasteiger partial charge in [0.2, 0.25) is 0 Å². The fourth-order valence-electron chi connectivity index (χ4n) is 3.02. The number of piperazine rings is 1. The molecule has 1 aliphatic heterocycles. The summed E-state index contributed by atoms with van der Waals surface area (Å²) >= 11 is 1.58. The van der Waals surface area contributed by atoms with E-state index >= 15 is 0 Å². The third-order valence-corrected chi connectivity index (χ3v) is 5.13. The number of hydrogen-bond donors (Lipinski definition) is 0. The predicted molar refractivity (Wildman–Crippen MR) is 92.1 cm³/mol. The number of benzene rings is 1. The van der Waals surface area contributed by atoms with Crippen LogP contribution in [0.4, 0.5) is 24.0 Å². The van der Waals surface area contributed by atoms with Gasteiger partial charge in [0.1, 0.15) is 0 Å². The summed E-state index contributed by atoms with van der Waals surface area (Å²) < 4.78 is 40.1. The maximum Gasteiger partial charge on any atom is 0.416 e. The Kier molecular flexibility index (Phi) is 4.71. The van der Waals surface area contributed by atoms with Crippen molar-refractivity contribution in [2.75, 3.05) is 36.0 Å². The van der Waals surface area contributed by atoms with Crippen molar-refractivity contribution in [1.29, 1.82) is 0 Å². The van der Waals surface area contributed by atoms with E-state index in [0.717, 1.165) is 18.2 Å². The van der Waals surface area contributed by atoms with Crippen LogP contribution >= 0.6 is 11.3 Å². The van der Waals surface area contributed by atoms with Crippen LogP contribution in [0.25, 0.3) is 0 Å². The molecule has 0 spiro atoms. The Morgan fingerprint density at radius 2 is 1.75 bits per heavy atom. The summed E-state index contributed by atoms with van der Waals surface area (Å²) in [6, 6.07) is 4.73. The zero-order valence-corrected chi connectivity index (χ0v) is 14.5. The summed E-state index contributed by atoms with van der Waals surface area (Å²) in [4.78, 5) is 8.48. The molecular formula is C17H20F3N3S. The molecule has 0 atom stereocenters. The van der Waals surface area contributed by atoms with Crippen molar-refractivity contribution in [3.8, 4) is 0 Å². The van der Waals surface area contributed by atoms with Crippen LogP contribution in [-0.4, -0.2) is 31.2 Å². The highest BCUT2D eigenvalue weighted by molar-refractivity contribution is 7.13. The lowest BCUT2D eigenvalue weighted by atomic mass is 9.96. The number of alkyl halides is 3. The van der Waals surface area contributed by atoms with Gasteiger partial charge in [-0.2, -0.15) is 13.2 Å². The number of hydrogen-bond acceptors (Lipinski definition) is 4. The molecule has 1 fully saturated rings. The van der Waals surface area contributed by atoms with Crippen molar-refractivity contribution in [3.63, 3.8) is 0 Å². The van der Waals surface area contributed by atoms with E-state index < -0.39 is 11.7 Å². The van der Waals surface area contributed by atoms with Crippen LogP contribution in [0, 0.1) is 0 Å². The van der Waals surface area contributed by atoms with Crippen LogP contribution in [0.5, 0.6) is 0 Å². The van der Waals surface area contributed by atoms with Crippen LogP contribution in [0.2, 0.25) is 0 Å². The monoisotopic (exact) mass is 355 g/mol. The number of anilines is 2. The molecule has 3 rings (SSSR count). The number of halogens is 3. The SMILES string of the molecule is CC(C)c1ccc(N2CCN(c3nccs3)CC2)cc1C(F)(F)F. The van der Waals surface area contributed by atoms with Crippen LogP contribution in [0.1, 0.15) is 30.9 Å². The topological polar surface area (TPSA) is 19.4 Å². The number of nitrogens with zero attached hydrogens (tertiary/aromatic N) is 3. The van der Waals surface area contributed by atoms with Gasteiger partial charge < -0.3 is 9.80 Å². The first kappa shape index (κ1) is 17.1. The van der Waals surface area contributed by atoms with Crippen LogP contribution in [0.3, 0.4) is 0 Å². The van der Waals surface area contributed by atoms with Gasteiger partial charge in [-0.3, -0.25) is 0 Å². The number of aromatic nitrogens is 1. The quantitative estimate of drug-likeness (QED) is 0.801. The van der Waals surface area contributed by atoms with E-state index in [1.54, 1.807) is 37.4 Å². The molecule has 130 valence electrons. The van der Waals surface area contributed by atoms with Crippen molar-refractivity contribution in [1.82, 2.24) is 4.98 Å². The Labute approximate surface area is 143 Å². The molecule has 0 bridgehead atoms. The molecule has 0 saturated carbocycles. The molecule has 1 aromatic heterocycles. The summed E-state index contributed by atoms with van der Waals surface area (Å²) in [5.41, 5.74) is 0.482. The van der Waals surface area contributed by atoms with Gasteiger partial charge in [0, 0.05) is 43.4 Å². The highest BCUT2D eigenvalue weighted by Gasteiger charge is 2.34. The van der Waals surface area contributed by atoms with Gasteiger partial charge in [-0.25, -0.2) is 4.98 Å². The molecule has 0 amide bonds. The molecule has 7 heteroatoms. The summed E-state index contributed by atoms with van der Waals surface area (Å²) in [7, 11) is 0. The number of thiazole rings is 1. The highest BCUT2D eigenvalue weighted by Crippen LogP contribution is 2.37. The average Bonchev–Trinajstić information content (AvgIpc) is 3.08. The van der Waals surface area contributed by atoms with Gasteiger partial charge in [-0.05, 0) is 23.6 Å². The molecule has 3 nitrogen and oxygen atoms in total. The maximum absolute atomic E-state index is 13.4. The van der Waals surface area contributed by atoms with E-state index in [1.807, 2.05) is 16.3 Å². The molecule has 0 N–H and O–H groups in total. The smallest absolute Gasteiger partial charge is 0.368 e. The van der Waals surface area contributed by atoms with Crippen molar-refractivity contribution < 1.29 is 13.2 Å². The predicted octanol–water partition coefficient (Wildman–Crippen LogP) is 4.61. The largest absolute Gasteiger partial charge is 0.416 e. The molecule has 0 radical (unpaired) electrons. The second-order valence-corrected chi connectivity index (χ2v) is 7.09. The van der Waals surface area contributed by atoms with Crippen LogP contribution in [0.15, 0.2) is 29.8 Å². The van der Waals surface area contributed by atoms with E-state index in [0.29, 0.717) is 24.3 Å². The fraction of sp³-hybridized carbons (Fsp3) is 0.471. The van der Waals surface area contributed by atoms with Crippen molar-refractivity contribution >= 4 is 22.2 Å². The van der Waals surface area contributed by atoms with E-state index in [2.05, 4.69) is 9.88 Å². The average molecular weight is 355 g/mol. The normalized spacial score (nSPS) is 16.1. The summed E-state index contributed by atoms with van der Waals surface area (Å²) in [6.07, 6.45) is -2.55. The Bertz CT molecular complexity index is 675. The lowest BCUT2D eigenvalue weighted by Gasteiger charge is -2.36. The Hall–Kier alpha value is -1.76. The van der Waals surface area contributed by atoms with Crippen LogP contribution < -0.4 is 9.80 Å². The molecule has 1 aromatic carbocycles. The Balaban J connectivity index is 1.78. The van der Waals surface area contributed by atoms with Gasteiger partial charge in [-0.15, -0.1) is 11.3 Å². The second kappa shape index (κ2) is 6.63. The van der Waals surface area contributed by atoms with Gasteiger partial charge in [0.05, 0.1) is 5.56 Å². The molecule has 1 saturated heterocycles.